The number of methoxy groups -OCH3 is 1. The van der Waals surface area contributed by atoms with Crippen molar-refractivity contribution in [2.45, 2.75) is 10.8 Å². The minimum Gasteiger partial charge on any atom is -0.497 e. The fourth-order valence-corrected chi connectivity index (χ4v) is 3.43. The molecule has 0 spiro atoms. The van der Waals surface area contributed by atoms with Gasteiger partial charge < -0.3 is 19.7 Å². The number of thioether (sulfide) groups is 1. The molecule has 0 bridgehead atoms. The monoisotopic (exact) mass is 423 g/mol. The molecule has 0 aliphatic carbocycles. The van der Waals surface area contributed by atoms with Gasteiger partial charge in [0.15, 0.2) is 0 Å². The zero-order valence-corrected chi connectivity index (χ0v) is 17.9. The SMILES string of the molecule is COc1ccc(OCCN(C)C(=O)Nc2cccc(CSc3ccccn3)c2)cc1. The second kappa shape index (κ2) is 11.1. The number of nitrogens with zero attached hydrogens (tertiary/aromatic N) is 2. The first-order chi connectivity index (χ1) is 14.6. The molecule has 0 saturated heterocycles. The quantitative estimate of drug-likeness (QED) is 0.495. The summed E-state index contributed by atoms with van der Waals surface area (Å²) in [5.41, 5.74) is 1.89. The number of rotatable bonds is 9. The first-order valence-corrected chi connectivity index (χ1v) is 10.5. The van der Waals surface area contributed by atoms with Crippen LogP contribution in [0, 0.1) is 0 Å². The lowest BCUT2D eigenvalue weighted by atomic mass is 10.2. The molecule has 0 fully saturated rings. The minimum absolute atomic E-state index is 0.178. The summed E-state index contributed by atoms with van der Waals surface area (Å²) in [5, 5.41) is 3.91. The third kappa shape index (κ3) is 6.70. The van der Waals surface area contributed by atoms with E-state index in [4.69, 9.17) is 9.47 Å². The molecule has 30 heavy (non-hydrogen) atoms. The van der Waals surface area contributed by atoms with Crippen LogP contribution in [0.3, 0.4) is 0 Å². The average Bonchev–Trinajstić information content (AvgIpc) is 2.79. The molecular weight excluding hydrogens is 398 g/mol. The molecule has 3 aromatic rings. The van der Waals surface area contributed by atoms with Crippen molar-refractivity contribution >= 4 is 23.5 Å². The Balaban J connectivity index is 1.44. The number of ether oxygens (including phenoxy) is 2. The normalized spacial score (nSPS) is 10.3. The highest BCUT2D eigenvalue weighted by atomic mass is 32.2. The fraction of sp³-hybridized carbons (Fsp3) is 0.217. The molecule has 1 N–H and O–H groups in total. The number of amides is 2. The molecule has 3 rings (SSSR count). The number of aromatic nitrogens is 1. The van der Waals surface area contributed by atoms with E-state index in [1.807, 2.05) is 66.7 Å². The van der Waals surface area contributed by atoms with Crippen molar-refractivity contribution in [1.82, 2.24) is 9.88 Å². The Morgan fingerprint density at radius 1 is 1.07 bits per heavy atom. The van der Waals surface area contributed by atoms with Crippen LogP contribution in [0.25, 0.3) is 0 Å². The van der Waals surface area contributed by atoms with Crippen LogP contribution in [0.5, 0.6) is 11.5 Å². The molecule has 7 heteroatoms. The fourth-order valence-electron chi connectivity index (χ4n) is 2.62. The third-order valence-corrected chi connectivity index (χ3v) is 5.32. The maximum absolute atomic E-state index is 12.5. The maximum atomic E-state index is 12.5. The first-order valence-electron chi connectivity index (χ1n) is 9.56. The number of carbonyl (C=O) groups is 1. The summed E-state index contributed by atoms with van der Waals surface area (Å²) in [5.74, 6) is 2.30. The second-order valence-corrected chi connectivity index (χ2v) is 7.53. The van der Waals surface area contributed by atoms with Crippen molar-refractivity contribution in [2.24, 2.45) is 0 Å². The highest BCUT2D eigenvalue weighted by Crippen LogP contribution is 2.22. The van der Waals surface area contributed by atoms with Crippen LogP contribution in [0.2, 0.25) is 0 Å². The number of likely N-dealkylation sites (N-methyl/N-ethyl adjacent to an activating group) is 1. The molecule has 156 valence electrons. The second-order valence-electron chi connectivity index (χ2n) is 6.53. The molecule has 1 aromatic heterocycles. The van der Waals surface area contributed by atoms with Crippen LogP contribution in [0.4, 0.5) is 10.5 Å². The van der Waals surface area contributed by atoms with Gasteiger partial charge >= 0.3 is 6.03 Å². The topological polar surface area (TPSA) is 63.7 Å². The summed E-state index contributed by atoms with van der Waals surface area (Å²) in [7, 11) is 3.37. The number of hydrogen-bond acceptors (Lipinski definition) is 5. The summed E-state index contributed by atoms with van der Waals surface area (Å²) in [6.07, 6.45) is 1.78. The lowest BCUT2D eigenvalue weighted by molar-refractivity contribution is 0.207. The smallest absolute Gasteiger partial charge is 0.321 e. The van der Waals surface area contributed by atoms with Gasteiger partial charge in [0, 0.05) is 24.7 Å². The van der Waals surface area contributed by atoms with Crippen LogP contribution < -0.4 is 14.8 Å². The van der Waals surface area contributed by atoms with Crippen molar-refractivity contribution in [3.63, 3.8) is 0 Å². The number of pyridine rings is 1. The first kappa shape index (κ1) is 21.5. The molecule has 0 unspecified atom stereocenters. The van der Waals surface area contributed by atoms with Gasteiger partial charge in [-0.15, -0.1) is 11.8 Å². The van der Waals surface area contributed by atoms with Crippen LogP contribution in [-0.4, -0.2) is 43.2 Å². The van der Waals surface area contributed by atoms with Gasteiger partial charge in [0.25, 0.3) is 0 Å². The van der Waals surface area contributed by atoms with Crippen LogP contribution in [-0.2, 0) is 5.75 Å². The molecule has 0 aliphatic rings. The Bertz CT molecular complexity index is 936. The van der Waals surface area contributed by atoms with E-state index in [2.05, 4.69) is 10.3 Å². The van der Waals surface area contributed by atoms with Crippen molar-refractivity contribution < 1.29 is 14.3 Å². The maximum Gasteiger partial charge on any atom is 0.321 e. The molecule has 0 aliphatic heterocycles. The van der Waals surface area contributed by atoms with Crippen LogP contribution in [0.15, 0.2) is 78.0 Å². The van der Waals surface area contributed by atoms with E-state index < -0.39 is 0 Å². The molecular formula is C23H25N3O3S. The van der Waals surface area contributed by atoms with Gasteiger partial charge in [0.05, 0.1) is 18.7 Å². The van der Waals surface area contributed by atoms with Crippen molar-refractivity contribution in [3.8, 4) is 11.5 Å². The van der Waals surface area contributed by atoms with Crippen LogP contribution in [0.1, 0.15) is 5.56 Å². The summed E-state index contributed by atoms with van der Waals surface area (Å²) >= 11 is 1.66. The summed E-state index contributed by atoms with van der Waals surface area (Å²) in [4.78, 5) is 18.4. The van der Waals surface area contributed by atoms with Gasteiger partial charge in [-0.05, 0) is 54.1 Å². The summed E-state index contributed by atoms with van der Waals surface area (Å²) in [6, 6.07) is 20.9. The predicted octanol–water partition coefficient (Wildman–Crippen LogP) is 4.93. The summed E-state index contributed by atoms with van der Waals surface area (Å²) in [6.45, 7) is 0.865. The number of nitrogens with one attached hydrogen (secondary N) is 1. The highest BCUT2D eigenvalue weighted by molar-refractivity contribution is 7.98. The zero-order chi connectivity index (χ0) is 21.2. The van der Waals surface area contributed by atoms with E-state index in [-0.39, 0.29) is 6.03 Å². The van der Waals surface area contributed by atoms with Gasteiger partial charge in [-0.25, -0.2) is 9.78 Å². The third-order valence-electron chi connectivity index (χ3n) is 4.30. The Morgan fingerprint density at radius 2 is 1.87 bits per heavy atom. The van der Waals surface area contributed by atoms with Gasteiger partial charge in [-0.1, -0.05) is 18.2 Å². The largest absolute Gasteiger partial charge is 0.497 e. The number of carbonyl (C=O) groups excluding carboxylic acids is 1. The Labute approximate surface area is 181 Å². The number of anilines is 1. The molecule has 1 heterocycles. The van der Waals surface area contributed by atoms with E-state index in [1.165, 1.54) is 0 Å². The van der Waals surface area contributed by atoms with E-state index in [0.717, 1.165) is 33.5 Å². The number of hydrogen-bond donors (Lipinski definition) is 1. The number of benzene rings is 2. The van der Waals surface area contributed by atoms with E-state index in [0.29, 0.717) is 13.2 Å². The highest BCUT2D eigenvalue weighted by Gasteiger charge is 2.09. The summed E-state index contributed by atoms with van der Waals surface area (Å²) < 4.78 is 10.8. The molecule has 2 aromatic carbocycles. The van der Waals surface area contributed by atoms with Crippen molar-refractivity contribution in [3.05, 3.63) is 78.5 Å². The molecule has 6 nitrogen and oxygen atoms in total. The lowest BCUT2D eigenvalue weighted by Gasteiger charge is -2.18. The van der Waals surface area contributed by atoms with Crippen molar-refractivity contribution in [2.75, 3.05) is 32.6 Å². The number of urea groups is 1. The Kier molecular flexibility index (Phi) is 7.97. The molecule has 0 saturated carbocycles. The van der Waals surface area contributed by atoms with Gasteiger partial charge in [0.1, 0.15) is 18.1 Å². The minimum atomic E-state index is -0.178. The molecule has 2 amide bonds. The molecule has 0 radical (unpaired) electrons. The van der Waals surface area contributed by atoms with Crippen molar-refractivity contribution in [1.29, 1.82) is 0 Å². The standard InChI is InChI=1S/C23H25N3O3S/c1-26(14-15-29-21-11-9-20(28-2)10-12-21)23(27)25-19-7-5-6-18(16-19)17-30-22-8-3-4-13-24-22/h3-13,16H,14-15,17H2,1-2H3,(H,25,27). The van der Waals surface area contributed by atoms with Gasteiger partial charge in [-0.2, -0.15) is 0 Å². The van der Waals surface area contributed by atoms with E-state index in [9.17, 15) is 4.79 Å². The predicted molar refractivity (Wildman–Crippen MR) is 120 cm³/mol. The molecule has 0 atom stereocenters. The Hall–Kier alpha value is -3.19. The lowest BCUT2D eigenvalue weighted by Crippen LogP contribution is -2.34. The van der Waals surface area contributed by atoms with Gasteiger partial charge in [-0.3, -0.25) is 0 Å². The zero-order valence-electron chi connectivity index (χ0n) is 17.1. The van der Waals surface area contributed by atoms with Gasteiger partial charge in [0.2, 0.25) is 0 Å². The van der Waals surface area contributed by atoms with E-state index >= 15 is 0 Å². The Morgan fingerprint density at radius 3 is 2.60 bits per heavy atom. The van der Waals surface area contributed by atoms with Crippen LogP contribution >= 0.6 is 11.8 Å². The average molecular weight is 424 g/mol. The van der Waals surface area contributed by atoms with E-state index in [1.54, 1.807) is 37.0 Å².